The third-order valence-corrected chi connectivity index (χ3v) is 8.15. The van der Waals surface area contributed by atoms with Crippen molar-refractivity contribution in [3.63, 3.8) is 0 Å². The van der Waals surface area contributed by atoms with Crippen LogP contribution in [0.3, 0.4) is 0 Å². The summed E-state index contributed by atoms with van der Waals surface area (Å²) in [4.78, 5) is 20.8. The number of anilines is 1. The predicted molar refractivity (Wildman–Crippen MR) is 169 cm³/mol. The Hall–Kier alpha value is -3.88. The zero-order valence-corrected chi connectivity index (χ0v) is 25.9. The van der Waals surface area contributed by atoms with Crippen molar-refractivity contribution in [2.75, 3.05) is 18.9 Å². The van der Waals surface area contributed by atoms with Crippen molar-refractivity contribution in [2.24, 2.45) is 5.73 Å². The standard InChI is InChI=1S/C29H25ClN6O4S2.ClH/c1-16(37)25(33)29(38)40-11-10-39-21-8-4-17(5-9-21)24-22(12-31)26(34)36-28(23(24)13-32)42-15-20-14-41-27(35-20)18-2-6-19(30)7-3-18;/h2-9,14,16,25,37H,10-11,15,33H2,1H3,(H2,34,36);1H/t16?,25-;/m0./s1. The van der Waals surface area contributed by atoms with Gasteiger partial charge in [0.05, 0.1) is 17.4 Å². The Morgan fingerprint density at radius 3 is 2.35 bits per heavy atom. The number of hydrogen-bond acceptors (Lipinski definition) is 12. The van der Waals surface area contributed by atoms with E-state index in [2.05, 4.69) is 22.1 Å². The van der Waals surface area contributed by atoms with Crippen LogP contribution in [0.5, 0.6) is 5.75 Å². The number of nitrogens with zero attached hydrogens (tertiary/aromatic N) is 4. The molecule has 0 aliphatic rings. The molecule has 4 rings (SSSR count). The molecule has 5 N–H and O–H groups in total. The summed E-state index contributed by atoms with van der Waals surface area (Å²) in [7, 11) is 0. The number of pyridine rings is 1. The lowest BCUT2D eigenvalue weighted by Gasteiger charge is -2.14. The minimum Gasteiger partial charge on any atom is -0.490 e. The summed E-state index contributed by atoms with van der Waals surface area (Å²) in [5, 5.41) is 33.1. The van der Waals surface area contributed by atoms with Gasteiger partial charge >= 0.3 is 5.97 Å². The number of rotatable bonds is 11. The van der Waals surface area contributed by atoms with Crippen LogP contribution in [0.15, 0.2) is 58.9 Å². The molecule has 0 radical (unpaired) electrons. The summed E-state index contributed by atoms with van der Waals surface area (Å²) in [6, 6.07) is 17.3. The molecule has 43 heavy (non-hydrogen) atoms. The number of aliphatic hydroxyl groups excluding tert-OH is 1. The number of nitrogen functional groups attached to an aromatic ring is 1. The summed E-state index contributed by atoms with van der Waals surface area (Å²) in [5.74, 6) is 0.212. The topological polar surface area (TPSA) is 181 Å². The maximum Gasteiger partial charge on any atom is 0.325 e. The van der Waals surface area contributed by atoms with Crippen LogP contribution in [0.2, 0.25) is 5.02 Å². The van der Waals surface area contributed by atoms with Gasteiger partial charge < -0.3 is 26.0 Å². The van der Waals surface area contributed by atoms with E-state index in [-0.39, 0.29) is 42.6 Å². The van der Waals surface area contributed by atoms with Gasteiger partial charge in [-0.2, -0.15) is 10.5 Å². The Kier molecular flexibility index (Phi) is 12.2. The van der Waals surface area contributed by atoms with Gasteiger partial charge in [0.1, 0.15) is 58.6 Å². The minimum atomic E-state index is -1.13. The molecule has 0 saturated heterocycles. The number of hydrogen-bond donors (Lipinski definition) is 3. The van der Waals surface area contributed by atoms with E-state index in [0.29, 0.717) is 32.7 Å². The highest BCUT2D eigenvalue weighted by Crippen LogP contribution is 2.37. The second-order valence-corrected chi connectivity index (χ2v) is 11.2. The fourth-order valence-electron chi connectivity index (χ4n) is 3.74. The van der Waals surface area contributed by atoms with Gasteiger partial charge in [-0.25, -0.2) is 9.97 Å². The largest absolute Gasteiger partial charge is 0.490 e. The van der Waals surface area contributed by atoms with Crippen LogP contribution in [0.25, 0.3) is 21.7 Å². The predicted octanol–water partition coefficient (Wildman–Crippen LogP) is 5.20. The monoisotopic (exact) mass is 656 g/mol. The smallest absolute Gasteiger partial charge is 0.325 e. The average Bonchev–Trinajstić information content (AvgIpc) is 3.47. The van der Waals surface area contributed by atoms with Crippen molar-refractivity contribution in [1.82, 2.24) is 9.97 Å². The summed E-state index contributed by atoms with van der Waals surface area (Å²) in [5.41, 5.74) is 14.8. The number of carbonyl (C=O) groups is 1. The van der Waals surface area contributed by atoms with Gasteiger partial charge in [0, 0.05) is 27.3 Å². The molecule has 1 unspecified atom stereocenters. The zero-order valence-electron chi connectivity index (χ0n) is 22.7. The van der Waals surface area contributed by atoms with Crippen LogP contribution in [-0.4, -0.2) is 46.4 Å². The molecule has 0 saturated carbocycles. The van der Waals surface area contributed by atoms with Crippen molar-refractivity contribution in [2.45, 2.75) is 29.8 Å². The first-order valence-corrected chi connectivity index (χ1v) is 14.8. The second kappa shape index (κ2) is 15.5. The van der Waals surface area contributed by atoms with Crippen LogP contribution < -0.4 is 16.2 Å². The lowest BCUT2D eigenvalue weighted by Crippen LogP contribution is -2.41. The van der Waals surface area contributed by atoms with Crippen LogP contribution in [0, 0.1) is 22.7 Å². The molecule has 2 atom stereocenters. The maximum absolute atomic E-state index is 11.7. The first-order chi connectivity index (χ1) is 20.2. The number of aliphatic hydroxyl groups is 1. The van der Waals surface area contributed by atoms with E-state index in [0.717, 1.165) is 16.3 Å². The van der Waals surface area contributed by atoms with Crippen LogP contribution in [-0.2, 0) is 15.3 Å². The van der Waals surface area contributed by atoms with E-state index >= 15 is 0 Å². The SMILES string of the molecule is CC(O)[C@H](N)C(=O)OCCOc1ccc(-c2c(C#N)c(N)nc(SCc3csc(-c4ccc(Cl)cc4)n3)c2C#N)cc1.Cl. The fraction of sp³-hybridized carbons (Fsp3) is 0.207. The van der Waals surface area contributed by atoms with E-state index in [1.54, 1.807) is 24.3 Å². The molecule has 222 valence electrons. The van der Waals surface area contributed by atoms with Gasteiger partial charge in [0.15, 0.2) is 0 Å². The van der Waals surface area contributed by atoms with Gasteiger partial charge in [-0.1, -0.05) is 47.6 Å². The Morgan fingerprint density at radius 2 is 1.72 bits per heavy atom. The molecule has 10 nitrogen and oxygen atoms in total. The van der Waals surface area contributed by atoms with Crippen molar-refractivity contribution in [1.29, 1.82) is 10.5 Å². The Balaban J connectivity index is 0.00000506. The third kappa shape index (κ3) is 8.36. The number of thioether (sulfide) groups is 1. The van der Waals surface area contributed by atoms with Gasteiger partial charge in [0.25, 0.3) is 0 Å². The van der Waals surface area contributed by atoms with Crippen molar-refractivity contribution >= 4 is 58.9 Å². The van der Waals surface area contributed by atoms with Crippen LogP contribution in [0.1, 0.15) is 23.7 Å². The number of nitrogens with two attached hydrogens (primary N) is 2. The number of aromatic nitrogens is 2. The number of ether oxygens (including phenoxy) is 2. The lowest BCUT2D eigenvalue weighted by molar-refractivity contribution is -0.148. The Labute approximate surface area is 267 Å². The minimum absolute atomic E-state index is 0. The van der Waals surface area contributed by atoms with Gasteiger partial charge in [-0.3, -0.25) is 4.79 Å². The highest BCUT2D eigenvalue weighted by Gasteiger charge is 2.22. The van der Waals surface area contributed by atoms with E-state index in [4.69, 9.17) is 32.5 Å². The molecule has 2 aromatic heterocycles. The molecule has 0 bridgehead atoms. The Bertz CT molecular complexity index is 1650. The van der Waals surface area contributed by atoms with Gasteiger partial charge in [0.2, 0.25) is 0 Å². The molecule has 14 heteroatoms. The molecular weight excluding hydrogens is 631 g/mol. The number of halogens is 2. The summed E-state index contributed by atoms with van der Waals surface area (Å²) in [6.07, 6.45) is -1.02. The third-order valence-electron chi connectivity index (χ3n) is 5.95. The van der Waals surface area contributed by atoms with Crippen LogP contribution >= 0.6 is 47.1 Å². The van der Waals surface area contributed by atoms with Gasteiger partial charge in [-0.15, -0.1) is 23.7 Å². The molecule has 2 heterocycles. The van der Waals surface area contributed by atoms with E-state index in [9.17, 15) is 20.4 Å². The molecule has 0 fully saturated rings. The first kappa shape index (κ1) is 33.6. The summed E-state index contributed by atoms with van der Waals surface area (Å²) in [6.45, 7) is 1.40. The number of carbonyl (C=O) groups excluding carboxylic acids is 1. The number of nitriles is 2. The molecule has 0 amide bonds. The summed E-state index contributed by atoms with van der Waals surface area (Å²) >= 11 is 8.80. The molecule has 0 spiro atoms. The zero-order chi connectivity index (χ0) is 30.2. The molecule has 0 aliphatic carbocycles. The molecule has 0 aliphatic heterocycles. The lowest BCUT2D eigenvalue weighted by atomic mass is 9.97. The first-order valence-electron chi connectivity index (χ1n) is 12.5. The highest BCUT2D eigenvalue weighted by molar-refractivity contribution is 7.98. The van der Waals surface area contributed by atoms with E-state index in [1.807, 2.05) is 29.6 Å². The van der Waals surface area contributed by atoms with Gasteiger partial charge in [-0.05, 0) is 36.8 Å². The number of thiazole rings is 1. The van der Waals surface area contributed by atoms with Crippen molar-refractivity contribution in [3.8, 4) is 39.6 Å². The van der Waals surface area contributed by atoms with E-state index < -0.39 is 18.1 Å². The summed E-state index contributed by atoms with van der Waals surface area (Å²) < 4.78 is 10.6. The quantitative estimate of drug-likeness (QED) is 0.110. The number of benzene rings is 2. The average molecular weight is 658 g/mol. The Morgan fingerprint density at radius 1 is 1.07 bits per heavy atom. The van der Waals surface area contributed by atoms with Crippen molar-refractivity contribution < 1.29 is 19.4 Å². The fourth-order valence-corrected chi connectivity index (χ4v) is 5.69. The normalized spacial score (nSPS) is 11.9. The van der Waals surface area contributed by atoms with Crippen LogP contribution in [0.4, 0.5) is 5.82 Å². The van der Waals surface area contributed by atoms with Crippen molar-refractivity contribution in [3.05, 3.63) is 75.8 Å². The maximum atomic E-state index is 11.7. The van der Waals surface area contributed by atoms with E-state index in [1.165, 1.54) is 30.0 Å². The highest BCUT2D eigenvalue weighted by atomic mass is 35.5. The molecule has 4 aromatic rings. The second-order valence-electron chi connectivity index (χ2n) is 8.90. The molecular formula is C29H26Cl2N6O4S2. The molecule has 2 aromatic carbocycles. The number of esters is 1.